The largest absolute Gasteiger partial charge is 0.297 e. The second kappa shape index (κ2) is 12.1. The van der Waals surface area contributed by atoms with Crippen LogP contribution in [0.3, 0.4) is 0 Å². The predicted octanol–water partition coefficient (Wildman–Crippen LogP) is 0.997. The number of rotatable bonds is 4. The van der Waals surface area contributed by atoms with Crippen LogP contribution < -0.4 is 5.59 Å². The highest BCUT2D eigenvalue weighted by Crippen LogP contribution is 1.70. The Morgan fingerprint density at radius 2 is 1.90 bits per heavy atom. The number of hydrogen-bond acceptors (Lipinski definition) is 4. The van der Waals surface area contributed by atoms with Crippen molar-refractivity contribution < 1.29 is 10.0 Å². The highest BCUT2D eigenvalue weighted by Gasteiger charge is 1.89. The molecule has 0 amide bonds. The number of hydroxylamine groups is 1. The lowest BCUT2D eigenvalue weighted by atomic mass is 10.8. The first kappa shape index (κ1) is 16.8. The molecular weight excluding hydrogens is 179 g/mol. The van der Waals surface area contributed by atoms with Gasteiger partial charge >= 0.3 is 0 Å². The maximum Gasteiger partial charge on any atom is 0.0671 e. The quantitative estimate of drug-likeness (QED) is 0.653. The van der Waals surface area contributed by atoms with Crippen LogP contribution in [-0.2, 0) is 4.84 Å². The van der Waals surface area contributed by atoms with Crippen LogP contribution in [0, 0.1) is 0 Å². The Hall–Kier alpha value is 0.420. The zero-order valence-electron chi connectivity index (χ0n) is 6.03. The highest BCUT2D eigenvalue weighted by atomic mass is 35.5. The molecule has 66 valence electrons. The summed E-state index contributed by atoms with van der Waals surface area (Å²) in [5.41, 5.74) is 2.27. The molecule has 0 atom stereocenters. The molecule has 0 rings (SSSR count). The van der Waals surface area contributed by atoms with Gasteiger partial charge in [-0.2, -0.15) is 0 Å². The fourth-order valence-corrected chi connectivity index (χ4v) is 0.204. The Kier molecular flexibility index (Phi) is 20.4. The first-order valence-electron chi connectivity index (χ1n) is 2.65. The molecule has 6 heteroatoms. The van der Waals surface area contributed by atoms with Crippen LogP contribution in [0.25, 0.3) is 0 Å². The van der Waals surface area contributed by atoms with Crippen molar-refractivity contribution in [1.82, 2.24) is 10.8 Å². The van der Waals surface area contributed by atoms with Gasteiger partial charge in [-0.15, -0.1) is 35.6 Å². The number of halogens is 2. The van der Waals surface area contributed by atoms with E-state index in [9.17, 15) is 0 Å². The fourth-order valence-electron chi connectivity index (χ4n) is 0.204. The van der Waals surface area contributed by atoms with Crippen LogP contribution >= 0.6 is 24.8 Å². The van der Waals surface area contributed by atoms with Crippen LogP contribution in [0.4, 0.5) is 0 Å². The lowest BCUT2D eigenvalue weighted by Crippen LogP contribution is -2.34. The average Bonchev–Trinajstić information content (AvgIpc) is 1.83. The molecule has 4 nitrogen and oxygen atoms in total. The molecule has 0 aromatic carbocycles. The summed E-state index contributed by atoms with van der Waals surface area (Å²) in [5, 5.41) is 9.45. The summed E-state index contributed by atoms with van der Waals surface area (Å²) in [6, 6.07) is 0. The average molecular weight is 193 g/mol. The smallest absolute Gasteiger partial charge is 0.0671 e. The van der Waals surface area contributed by atoms with Crippen LogP contribution in [0.5, 0.6) is 0 Å². The third-order valence-electron chi connectivity index (χ3n) is 0.614. The van der Waals surface area contributed by atoms with Crippen molar-refractivity contribution in [2.24, 2.45) is 0 Å². The maximum atomic E-state index is 8.59. The topological polar surface area (TPSA) is 44.7 Å². The fraction of sp³-hybridized carbons (Fsp3) is 1.00. The van der Waals surface area contributed by atoms with Crippen molar-refractivity contribution >= 4 is 24.8 Å². The first-order valence-corrected chi connectivity index (χ1v) is 2.65. The minimum Gasteiger partial charge on any atom is -0.297 e. The normalized spacial score (nSPS) is 8.40. The summed E-state index contributed by atoms with van der Waals surface area (Å²) in [6.07, 6.45) is 0. The van der Waals surface area contributed by atoms with E-state index in [1.54, 1.807) is 6.92 Å². The molecule has 0 aromatic heterocycles. The zero-order valence-corrected chi connectivity index (χ0v) is 7.67. The van der Waals surface area contributed by atoms with Crippen LogP contribution in [0.1, 0.15) is 13.8 Å². The van der Waals surface area contributed by atoms with E-state index >= 15 is 0 Å². The first-order chi connectivity index (χ1) is 3.81. The van der Waals surface area contributed by atoms with Crippen molar-refractivity contribution in [3.05, 3.63) is 0 Å². The molecule has 2 N–H and O–H groups in total. The maximum absolute atomic E-state index is 8.59. The molecule has 0 heterocycles. The van der Waals surface area contributed by atoms with Gasteiger partial charge in [0.2, 0.25) is 0 Å². The minimum absolute atomic E-state index is 0. The summed E-state index contributed by atoms with van der Waals surface area (Å²) in [6.45, 7) is 4.67. The third-order valence-corrected chi connectivity index (χ3v) is 0.614. The molecule has 0 fully saturated rings. The molecule has 0 spiro atoms. The standard InChI is InChI=1S/C4H12N2O2.2ClH/c1-3-6(7)5-8-4-2;;/h5,7H,3-4H2,1-2H3;2*1H. The van der Waals surface area contributed by atoms with E-state index in [0.717, 1.165) is 5.17 Å². The van der Waals surface area contributed by atoms with E-state index in [-0.39, 0.29) is 24.8 Å². The number of nitrogens with one attached hydrogen (secondary N) is 1. The number of nitrogens with zero attached hydrogens (tertiary/aromatic N) is 1. The molecular formula is C4H14Cl2N2O2. The molecule has 0 aromatic rings. The van der Waals surface area contributed by atoms with Crippen molar-refractivity contribution in [2.75, 3.05) is 13.2 Å². The summed E-state index contributed by atoms with van der Waals surface area (Å²) in [5.74, 6) is 0. The molecule has 10 heavy (non-hydrogen) atoms. The van der Waals surface area contributed by atoms with Crippen molar-refractivity contribution in [1.29, 1.82) is 0 Å². The van der Waals surface area contributed by atoms with E-state index < -0.39 is 0 Å². The van der Waals surface area contributed by atoms with Gasteiger partial charge in [0.1, 0.15) is 0 Å². The Balaban J connectivity index is -0.000000245. The molecule has 0 aliphatic heterocycles. The summed E-state index contributed by atoms with van der Waals surface area (Å²) in [7, 11) is 0. The van der Waals surface area contributed by atoms with E-state index in [1.165, 1.54) is 0 Å². The SMILES string of the molecule is CCONN(O)CC.Cl.Cl. The Morgan fingerprint density at radius 3 is 2.20 bits per heavy atom. The van der Waals surface area contributed by atoms with Crippen LogP contribution in [-0.4, -0.2) is 23.5 Å². The highest BCUT2D eigenvalue weighted by molar-refractivity contribution is 5.85. The van der Waals surface area contributed by atoms with Crippen LogP contribution in [0.15, 0.2) is 0 Å². The van der Waals surface area contributed by atoms with E-state index in [2.05, 4.69) is 10.4 Å². The lowest BCUT2D eigenvalue weighted by molar-refractivity contribution is -0.233. The van der Waals surface area contributed by atoms with Gasteiger partial charge in [0.05, 0.1) is 6.61 Å². The Labute approximate surface area is 73.2 Å². The molecule has 0 aliphatic rings. The van der Waals surface area contributed by atoms with Gasteiger partial charge in [-0.25, -0.2) is 0 Å². The molecule has 0 bridgehead atoms. The third kappa shape index (κ3) is 11.2. The second-order valence-electron chi connectivity index (χ2n) is 1.24. The van der Waals surface area contributed by atoms with Gasteiger partial charge in [0.15, 0.2) is 0 Å². The molecule has 0 radical (unpaired) electrons. The van der Waals surface area contributed by atoms with Crippen molar-refractivity contribution in [2.45, 2.75) is 13.8 Å². The summed E-state index contributed by atoms with van der Waals surface area (Å²) >= 11 is 0. The number of hydrogen-bond donors (Lipinski definition) is 2. The minimum atomic E-state index is 0. The molecule has 0 aliphatic carbocycles. The van der Waals surface area contributed by atoms with Crippen molar-refractivity contribution in [3.8, 4) is 0 Å². The van der Waals surface area contributed by atoms with Gasteiger partial charge in [0.25, 0.3) is 0 Å². The predicted molar refractivity (Wildman–Crippen MR) is 43.4 cm³/mol. The monoisotopic (exact) mass is 192 g/mol. The van der Waals surface area contributed by atoms with Gasteiger partial charge in [0, 0.05) is 6.54 Å². The molecule has 0 saturated heterocycles. The zero-order chi connectivity index (χ0) is 6.41. The summed E-state index contributed by atoms with van der Waals surface area (Å²) < 4.78 is 0. The summed E-state index contributed by atoms with van der Waals surface area (Å²) in [4.78, 5) is 4.61. The van der Waals surface area contributed by atoms with Crippen molar-refractivity contribution in [3.63, 3.8) is 0 Å². The number of hydrazine groups is 1. The Bertz CT molecular complexity index is 58.5. The molecule has 0 unspecified atom stereocenters. The van der Waals surface area contributed by atoms with Gasteiger partial charge in [-0.1, -0.05) is 0 Å². The lowest BCUT2D eigenvalue weighted by Gasteiger charge is -2.10. The van der Waals surface area contributed by atoms with E-state index in [1.807, 2.05) is 6.92 Å². The van der Waals surface area contributed by atoms with Gasteiger partial charge < -0.3 is 0 Å². The van der Waals surface area contributed by atoms with E-state index in [0.29, 0.717) is 13.2 Å². The Morgan fingerprint density at radius 1 is 1.40 bits per heavy atom. The van der Waals surface area contributed by atoms with E-state index in [4.69, 9.17) is 5.21 Å². The molecule has 0 saturated carbocycles. The van der Waals surface area contributed by atoms with Gasteiger partial charge in [-0.3, -0.25) is 10.0 Å². The van der Waals surface area contributed by atoms with Crippen LogP contribution in [0.2, 0.25) is 0 Å². The second-order valence-corrected chi connectivity index (χ2v) is 1.24. The van der Waals surface area contributed by atoms with Gasteiger partial charge in [-0.05, 0) is 13.8 Å².